The van der Waals surface area contributed by atoms with Crippen LogP contribution in [0.5, 0.6) is 0 Å². The molecule has 1 atom stereocenters. The van der Waals surface area contributed by atoms with Crippen LogP contribution < -0.4 is 5.73 Å². The van der Waals surface area contributed by atoms with Gasteiger partial charge in [0.1, 0.15) is 5.82 Å². The van der Waals surface area contributed by atoms with Gasteiger partial charge in [-0.3, -0.25) is 0 Å². The van der Waals surface area contributed by atoms with Crippen LogP contribution in [-0.4, -0.2) is 0 Å². The fourth-order valence-electron chi connectivity index (χ4n) is 1.48. The van der Waals surface area contributed by atoms with Gasteiger partial charge in [0.05, 0.1) is 0 Å². The number of rotatable bonds is 3. The van der Waals surface area contributed by atoms with Crippen molar-refractivity contribution in [2.45, 2.75) is 32.7 Å². The second-order valence-corrected chi connectivity index (χ2v) is 3.40. The Balaban J connectivity index is 0.00000169. The van der Waals surface area contributed by atoms with E-state index >= 15 is 0 Å². The molecule has 1 aromatic rings. The van der Waals surface area contributed by atoms with Gasteiger partial charge < -0.3 is 5.73 Å². The normalized spacial score (nSPS) is 12.0. The molecule has 0 radical (unpaired) electrons. The van der Waals surface area contributed by atoms with Gasteiger partial charge in [-0.2, -0.15) is 0 Å². The highest BCUT2D eigenvalue weighted by atomic mass is 35.5. The van der Waals surface area contributed by atoms with Crippen LogP contribution in [-0.2, 0) is 0 Å². The number of aryl methyl sites for hydroxylation is 1. The van der Waals surface area contributed by atoms with E-state index in [0.29, 0.717) is 0 Å². The molecule has 0 aliphatic heterocycles. The Labute approximate surface area is 90.9 Å². The number of benzene rings is 1. The lowest BCUT2D eigenvalue weighted by molar-refractivity contribution is 0.603. The Bertz CT molecular complexity index is 289. The maximum Gasteiger partial charge on any atom is 0.123 e. The van der Waals surface area contributed by atoms with E-state index in [2.05, 4.69) is 6.92 Å². The zero-order valence-electron chi connectivity index (χ0n) is 8.59. The minimum atomic E-state index is -0.202. The smallest absolute Gasteiger partial charge is 0.123 e. The molecule has 0 saturated carbocycles. The largest absolute Gasteiger partial charge is 0.324 e. The minimum Gasteiger partial charge on any atom is -0.324 e. The molecule has 80 valence electrons. The summed E-state index contributed by atoms with van der Waals surface area (Å²) in [6, 6.07) is 4.76. The van der Waals surface area contributed by atoms with E-state index in [4.69, 9.17) is 5.73 Å². The first-order valence-corrected chi connectivity index (χ1v) is 4.66. The third kappa shape index (κ3) is 3.28. The van der Waals surface area contributed by atoms with E-state index in [1.807, 2.05) is 6.92 Å². The molecular weight excluding hydrogens is 201 g/mol. The van der Waals surface area contributed by atoms with Crippen molar-refractivity contribution in [2.75, 3.05) is 0 Å². The molecule has 14 heavy (non-hydrogen) atoms. The monoisotopic (exact) mass is 217 g/mol. The molecule has 0 fully saturated rings. The summed E-state index contributed by atoms with van der Waals surface area (Å²) < 4.78 is 12.9. The Morgan fingerprint density at radius 3 is 2.64 bits per heavy atom. The van der Waals surface area contributed by atoms with Crippen LogP contribution in [0, 0.1) is 12.7 Å². The summed E-state index contributed by atoms with van der Waals surface area (Å²) >= 11 is 0. The molecule has 0 heterocycles. The average Bonchev–Trinajstić information content (AvgIpc) is 2.09. The lowest BCUT2D eigenvalue weighted by atomic mass is 9.98. The molecule has 2 N–H and O–H groups in total. The summed E-state index contributed by atoms with van der Waals surface area (Å²) in [6.45, 7) is 4.04. The topological polar surface area (TPSA) is 26.0 Å². The van der Waals surface area contributed by atoms with Crippen LogP contribution in [0.15, 0.2) is 18.2 Å². The molecule has 0 aliphatic carbocycles. The summed E-state index contributed by atoms with van der Waals surface area (Å²) in [5.74, 6) is -0.202. The van der Waals surface area contributed by atoms with E-state index < -0.39 is 0 Å². The van der Waals surface area contributed by atoms with Crippen LogP contribution in [0.1, 0.15) is 36.9 Å². The first-order chi connectivity index (χ1) is 6.15. The molecule has 0 bridgehead atoms. The molecule has 1 nitrogen and oxygen atoms in total. The maximum absolute atomic E-state index is 12.9. The van der Waals surface area contributed by atoms with E-state index in [0.717, 1.165) is 24.0 Å². The maximum atomic E-state index is 12.9. The first kappa shape index (κ1) is 13.4. The van der Waals surface area contributed by atoms with Crippen LogP contribution in [0.2, 0.25) is 0 Å². The third-order valence-electron chi connectivity index (χ3n) is 2.24. The summed E-state index contributed by atoms with van der Waals surface area (Å²) in [6.07, 6.45) is 1.93. The molecular formula is C11H17ClFN. The Kier molecular flexibility index (Phi) is 5.73. The van der Waals surface area contributed by atoms with Gasteiger partial charge in [-0.05, 0) is 36.6 Å². The minimum absolute atomic E-state index is 0. The van der Waals surface area contributed by atoms with E-state index in [9.17, 15) is 4.39 Å². The van der Waals surface area contributed by atoms with E-state index in [1.165, 1.54) is 12.1 Å². The molecule has 0 spiro atoms. The molecule has 3 heteroatoms. The first-order valence-electron chi connectivity index (χ1n) is 4.66. The molecule has 0 aromatic heterocycles. The summed E-state index contributed by atoms with van der Waals surface area (Å²) in [7, 11) is 0. The van der Waals surface area contributed by atoms with Crippen LogP contribution in [0.25, 0.3) is 0 Å². The zero-order chi connectivity index (χ0) is 9.84. The predicted molar refractivity (Wildman–Crippen MR) is 60.2 cm³/mol. The standard InChI is InChI=1S/C11H16FN.ClH/c1-3-4-11(13)10-7-9(12)6-5-8(10)2;/h5-7,11H,3-4,13H2,1-2H3;1H/t11-;/m0./s1. The summed E-state index contributed by atoms with van der Waals surface area (Å²) in [5, 5.41) is 0. The molecule has 0 unspecified atom stereocenters. The quantitative estimate of drug-likeness (QED) is 0.826. The lowest BCUT2D eigenvalue weighted by Gasteiger charge is -2.13. The molecule has 0 amide bonds. The highest BCUT2D eigenvalue weighted by molar-refractivity contribution is 5.85. The molecule has 0 aliphatic rings. The molecule has 1 aromatic carbocycles. The van der Waals surface area contributed by atoms with Crippen molar-refractivity contribution < 1.29 is 4.39 Å². The lowest BCUT2D eigenvalue weighted by Crippen LogP contribution is -2.11. The number of hydrogen-bond donors (Lipinski definition) is 1. The van der Waals surface area contributed by atoms with Crippen LogP contribution in [0.3, 0.4) is 0 Å². The number of nitrogens with two attached hydrogens (primary N) is 1. The van der Waals surface area contributed by atoms with Gasteiger partial charge in [-0.25, -0.2) is 4.39 Å². The fourth-order valence-corrected chi connectivity index (χ4v) is 1.48. The van der Waals surface area contributed by atoms with Gasteiger partial charge in [0.15, 0.2) is 0 Å². The summed E-state index contributed by atoms with van der Waals surface area (Å²) in [4.78, 5) is 0. The van der Waals surface area contributed by atoms with Crippen molar-refractivity contribution in [1.29, 1.82) is 0 Å². The number of halogens is 2. The van der Waals surface area contributed by atoms with E-state index in [-0.39, 0.29) is 24.3 Å². The Morgan fingerprint density at radius 1 is 1.43 bits per heavy atom. The van der Waals surface area contributed by atoms with Crippen LogP contribution >= 0.6 is 12.4 Å². The summed E-state index contributed by atoms with van der Waals surface area (Å²) in [5.41, 5.74) is 7.91. The fraction of sp³-hybridized carbons (Fsp3) is 0.455. The van der Waals surface area contributed by atoms with Gasteiger partial charge in [-0.15, -0.1) is 12.4 Å². The van der Waals surface area contributed by atoms with Gasteiger partial charge in [0.25, 0.3) is 0 Å². The molecule has 0 saturated heterocycles. The van der Waals surface area contributed by atoms with Crippen molar-refractivity contribution in [3.63, 3.8) is 0 Å². The van der Waals surface area contributed by atoms with Gasteiger partial charge in [0, 0.05) is 6.04 Å². The molecule has 1 rings (SSSR count). The van der Waals surface area contributed by atoms with Crippen molar-refractivity contribution in [3.8, 4) is 0 Å². The second-order valence-electron chi connectivity index (χ2n) is 3.40. The van der Waals surface area contributed by atoms with Crippen LogP contribution in [0.4, 0.5) is 4.39 Å². The van der Waals surface area contributed by atoms with Gasteiger partial charge in [-0.1, -0.05) is 19.4 Å². The average molecular weight is 218 g/mol. The van der Waals surface area contributed by atoms with E-state index in [1.54, 1.807) is 6.07 Å². The van der Waals surface area contributed by atoms with Crippen molar-refractivity contribution >= 4 is 12.4 Å². The Hall–Kier alpha value is -0.600. The second kappa shape index (κ2) is 5.99. The zero-order valence-corrected chi connectivity index (χ0v) is 9.40. The van der Waals surface area contributed by atoms with Crippen molar-refractivity contribution in [2.24, 2.45) is 5.73 Å². The predicted octanol–water partition coefficient (Wildman–Crippen LogP) is 3.36. The Morgan fingerprint density at radius 2 is 2.07 bits per heavy atom. The van der Waals surface area contributed by atoms with Gasteiger partial charge >= 0.3 is 0 Å². The third-order valence-corrected chi connectivity index (χ3v) is 2.24. The highest BCUT2D eigenvalue weighted by Crippen LogP contribution is 2.20. The van der Waals surface area contributed by atoms with Gasteiger partial charge in [0.2, 0.25) is 0 Å². The SMILES string of the molecule is CCC[C@H](N)c1cc(F)ccc1C.Cl. The van der Waals surface area contributed by atoms with Crippen molar-refractivity contribution in [3.05, 3.63) is 35.1 Å². The highest BCUT2D eigenvalue weighted by Gasteiger charge is 2.08. The number of hydrogen-bond acceptors (Lipinski definition) is 1. The van der Waals surface area contributed by atoms with Crippen molar-refractivity contribution in [1.82, 2.24) is 0 Å².